The molecule has 0 aromatic carbocycles. The Balaban J connectivity index is 3.70. The van der Waals surface area contributed by atoms with E-state index >= 15 is 0 Å². The summed E-state index contributed by atoms with van der Waals surface area (Å²) >= 11 is 0. The van der Waals surface area contributed by atoms with Gasteiger partial charge in [-0.25, -0.2) is 0 Å². The van der Waals surface area contributed by atoms with E-state index in [1.807, 2.05) is 21.1 Å². The molecule has 0 aromatic rings. The summed E-state index contributed by atoms with van der Waals surface area (Å²) in [4.78, 5) is 10.2. The summed E-state index contributed by atoms with van der Waals surface area (Å²) in [5.74, 6) is -5.21. The van der Waals surface area contributed by atoms with Gasteiger partial charge in [-0.15, -0.1) is 0 Å². The molecule has 4 nitrogen and oxygen atoms in total. The van der Waals surface area contributed by atoms with Crippen molar-refractivity contribution in [1.29, 1.82) is 0 Å². The standard InChI is InChI=1S/C8H16F2N2O2/c1-12(2,3)4-5-14-6-8(9,10)7(11)13/h4-6H2,1-3H3,(H-,11,13)/p+1. The van der Waals surface area contributed by atoms with Crippen molar-refractivity contribution >= 4 is 5.91 Å². The fraction of sp³-hybridized carbons (Fsp3) is 0.875. The maximum absolute atomic E-state index is 12.6. The highest BCUT2D eigenvalue weighted by Gasteiger charge is 2.36. The van der Waals surface area contributed by atoms with E-state index < -0.39 is 18.4 Å². The predicted molar refractivity (Wildman–Crippen MR) is 47.9 cm³/mol. The summed E-state index contributed by atoms with van der Waals surface area (Å²) in [7, 11) is 5.74. The summed E-state index contributed by atoms with van der Waals surface area (Å²) in [5, 5.41) is 0. The number of amides is 1. The molecule has 0 atom stereocenters. The van der Waals surface area contributed by atoms with Crippen molar-refractivity contribution in [3.05, 3.63) is 0 Å². The molecule has 0 saturated heterocycles. The zero-order valence-electron chi connectivity index (χ0n) is 8.72. The van der Waals surface area contributed by atoms with E-state index in [9.17, 15) is 13.6 Å². The van der Waals surface area contributed by atoms with Gasteiger partial charge in [0.1, 0.15) is 13.2 Å². The maximum atomic E-state index is 12.6. The van der Waals surface area contributed by atoms with E-state index in [0.29, 0.717) is 11.0 Å². The van der Waals surface area contributed by atoms with Gasteiger partial charge in [-0.2, -0.15) is 8.78 Å². The first-order chi connectivity index (χ1) is 6.15. The number of hydrogen-bond acceptors (Lipinski definition) is 2. The van der Waals surface area contributed by atoms with Gasteiger partial charge in [0.25, 0.3) is 5.91 Å². The number of carbonyl (C=O) groups is 1. The molecule has 6 heteroatoms. The summed E-state index contributed by atoms with van der Waals surface area (Å²) in [6.07, 6.45) is 0. The molecule has 1 amide bonds. The Bertz CT molecular complexity index is 202. The third-order valence-corrected chi connectivity index (χ3v) is 1.55. The van der Waals surface area contributed by atoms with Crippen molar-refractivity contribution in [2.75, 3.05) is 40.9 Å². The molecule has 0 spiro atoms. The maximum Gasteiger partial charge on any atom is 0.346 e. The molecule has 0 bridgehead atoms. The zero-order valence-corrected chi connectivity index (χ0v) is 8.72. The van der Waals surface area contributed by atoms with Gasteiger partial charge in [0.05, 0.1) is 27.7 Å². The third kappa shape index (κ3) is 5.82. The highest BCUT2D eigenvalue weighted by molar-refractivity contribution is 5.81. The van der Waals surface area contributed by atoms with Crippen LogP contribution in [0.2, 0.25) is 0 Å². The molecule has 0 aliphatic rings. The quantitative estimate of drug-likeness (QED) is 0.490. The number of quaternary nitrogens is 1. The average molecular weight is 211 g/mol. The molecule has 0 radical (unpaired) electrons. The minimum Gasteiger partial charge on any atom is -0.369 e. The normalized spacial score (nSPS) is 12.9. The molecule has 0 aliphatic carbocycles. The molecule has 0 aliphatic heterocycles. The van der Waals surface area contributed by atoms with Crippen LogP contribution in [0.15, 0.2) is 0 Å². The Kier molecular flexibility index (Phi) is 4.41. The van der Waals surface area contributed by atoms with Crippen molar-refractivity contribution < 1.29 is 22.8 Å². The first-order valence-corrected chi connectivity index (χ1v) is 4.21. The topological polar surface area (TPSA) is 52.3 Å². The van der Waals surface area contributed by atoms with Gasteiger partial charge in [0.2, 0.25) is 0 Å². The number of halogens is 2. The second kappa shape index (κ2) is 4.65. The van der Waals surface area contributed by atoms with Gasteiger partial charge >= 0.3 is 5.92 Å². The van der Waals surface area contributed by atoms with E-state index in [0.717, 1.165) is 0 Å². The highest BCUT2D eigenvalue weighted by atomic mass is 19.3. The molecule has 0 rings (SSSR count). The van der Waals surface area contributed by atoms with E-state index in [1.165, 1.54) is 0 Å². The van der Waals surface area contributed by atoms with E-state index in [2.05, 4.69) is 10.5 Å². The van der Waals surface area contributed by atoms with Crippen molar-refractivity contribution in [3.8, 4) is 0 Å². The van der Waals surface area contributed by atoms with E-state index in [1.54, 1.807) is 0 Å². The number of rotatable bonds is 6. The molecule has 84 valence electrons. The zero-order chi connectivity index (χ0) is 11.4. The number of nitrogens with zero attached hydrogens (tertiary/aromatic N) is 1. The summed E-state index contributed by atoms with van der Waals surface area (Å²) in [6.45, 7) is -0.177. The van der Waals surface area contributed by atoms with Gasteiger partial charge in [-0.3, -0.25) is 4.79 Å². The lowest BCUT2D eigenvalue weighted by Crippen LogP contribution is -2.42. The minimum atomic E-state index is -3.56. The van der Waals surface area contributed by atoms with Crippen LogP contribution in [-0.4, -0.2) is 57.2 Å². The number of carbonyl (C=O) groups excluding carboxylic acids is 1. The Morgan fingerprint density at radius 2 is 1.93 bits per heavy atom. The first-order valence-electron chi connectivity index (χ1n) is 4.21. The Morgan fingerprint density at radius 1 is 1.43 bits per heavy atom. The van der Waals surface area contributed by atoms with Gasteiger partial charge in [-0.1, -0.05) is 0 Å². The molecule has 0 unspecified atom stereocenters. The Morgan fingerprint density at radius 3 is 2.29 bits per heavy atom. The summed E-state index contributed by atoms with van der Waals surface area (Å²) in [5.41, 5.74) is 4.47. The smallest absolute Gasteiger partial charge is 0.346 e. The number of ether oxygens (including phenoxy) is 1. The number of alkyl halides is 2. The molecule has 0 heterocycles. The Labute approximate surface area is 82.2 Å². The third-order valence-electron chi connectivity index (χ3n) is 1.55. The SMILES string of the molecule is C[N+](C)(C)CCOCC(F)(F)C(N)=O. The van der Waals surface area contributed by atoms with Crippen molar-refractivity contribution in [1.82, 2.24) is 0 Å². The van der Waals surface area contributed by atoms with Crippen LogP contribution in [0.25, 0.3) is 0 Å². The van der Waals surface area contributed by atoms with Gasteiger partial charge in [0.15, 0.2) is 0 Å². The first kappa shape index (κ1) is 13.2. The van der Waals surface area contributed by atoms with Crippen LogP contribution in [0.3, 0.4) is 0 Å². The fourth-order valence-corrected chi connectivity index (χ4v) is 0.610. The van der Waals surface area contributed by atoms with Gasteiger partial charge in [-0.05, 0) is 0 Å². The number of nitrogens with two attached hydrogens (primary N) is 1. The highest BCUT2D eigenvalue weighted by Crippen LogP contribution is 2.12. The summed E-state index contributed by atoms with van der Waals surface area (Å²) in [6, 6.07) is 0. The average Bonchev–Trinajstić information content (AvgIpc) is 1.96. The van der Waals surface area contributed by atoms with Crippen LogP contribution in [0.5, 0.6) is 0 Å². The number of hydrogen-bond donors (Lipinski definition) is 1. The molecule has 0 aromatic heterocycles. The second-order valence-corrected chi connectivity index (χ2v) is 4.14. The molecular formula is C8H17F2N2O2+. The number of likely N-dealkylation sites (N-methyl/N-ethyl adjacent to an activating group) is 1. The van der Waals surface area contributed by atoms with Crippen LogP contribution in [-0.2, 0) is 9.53 Å². The molecule has 0 fully saturated rings. The van der Waals surface area contributed by atoms with Crippen LogP contribution in [0.1, 0.15) is 0 Å². The lowest BCUT2D eigenvalue weighted by molar-refractivity contribution is -0.870. The molecular weight excluding hydrogens is 194 g/mol. The van der Waals surface area contributed by atoms with Crippen LogP contribution in [0, 0.1) is 0 Å². The van der Waals surface area contributed by atoms with E-state index in [4.69, 9.17) is 0 Å². The largest absolute Gasteiger partial charge is 0.369 e. The fourth-order valence-electron chi connectivity index (χ4n) is 0.610. The monoisotopic (exact) mass is 211 g/mol. The molecule has 14 heavy (non-hydrogen) atoms. The minimum absolute atomic E-state index is 0.173. The molecule has 2 N–H and O–H groups in total. The number of primary amides is 1. The van der Waals surface area contributed by atoms with Gasteiger partial charge < -0.3 is 15.0 Å². The van der Waals surface area contributed by atoms with Crippen LogP contribution < -0.4 is 5.73 Å². The summed E-state index contributed by atoms with van der Waals surface area (Å²) < 4.78 is 30.4. The lowest BCUT2D eigenvalue weighted by atomic mass is 10.3. The van der Waals surface area contributed by atoms with Crippen molar-refractivity contribution in [2.24, 2.45) is 5.73 Å². The van der Waals surface area contributed by atoms with Crippen LogP contribution >= 0.6 is 0 Å². The van der Waals surface area contributed by atoms with Crippen molar-refractivity contribution in [2.45, 2.75) is 5.92 Å². The van der Waals surface area contributed by atoms with E-state index in [-0.39, 0.29) is 6.61 Å². The van der Waals surface area contributed by atoms with Crippen LogP contribution in [0.4, 0.5) is 8.78 Å². The lowest BCUT2D eigenvalue weighted by Gasteiger charge is -2.23. The Hall–Kier alpha value is -0.750. The van der Waals surface area contributed by atoms with Crippen molar-refractivity contribution in [3.63, 3.8) is 0 Å². The molecule has 0 saturated carbocycles. The predicted octanol–water partition coefficient (Wildman–Crippen LogP) is -0.170. The second-order valence-electron chi connectivity index (χ2n) is 4.14. The van der Waals surface area contributed by atoms with Gasteiger partial charge in [0, 0.05) is 0 Å².